The van der Waals surface area contributed by atoms with Gasteiger partial charge in [0.1, 0.15) is 55.2 Å². The highest BCUT2D eigenvalue weighted by Crippen LogP contribution is 2.61. The second kappa shape index (κ2) is 43.5. The number of fused-ring (bicyclic) bond motifs is 14. The molecule has 0 N–H and O–H groups in total. The van der Waals surface area contributed by atoms with E-state index in [2.05, 4.69) is 261 Å². The average molecular weight is 1970 g/mol. The van der Waals surface area contributed by atoms with Crippen molar-refractivity contribution in [2.45, 2.75) is 250 Å². The molecule has 20 heteroatoms. The highest BCUT2D eigenvalue weighted by atomic mass is 15.5. The van der Waals surface area contributed by atoms with Crippen molar-refractivity contribution in [3.63, 3.8) is 0 Å². The van der Waals surface area contributed by atoms with Crippen LogP contribution in [0.15, 0.2) is 317 Å². The van der Waals surface area contributed by atoms with Crippen molar-refractivity contribution in [1.82, 2.24) is 99.9 Å². The van der Waals surface area contributed by atoms with Gasteiger partial charge in [0.05, 0.1) is 28.4 Å². The fraction of sp³-hybridized carbons (Fsp3) is 0.300. The van der Waals surface area contributed by atoms with E-state index < -0.39 is 0 Å². The number of unbranched alkanes of at least 4 members (excludes halogenated alkanes) is 18. The van der Waals surface area contributed by atoms with Gasteiger partial charge < -0.3 is 0 Å². The molecule has 11 aromatic carbocycles. The van der Waals surface area contributed by atoms with E-state index in [1.54, 1.807) is 68.8 Å². The summed E-state index contributed by atoms with van der Waals surface area (Å²) < 4.78 is 0. The predicted octanol–water partition coefficient (Wildman–Crippen LogP) is 32.6. The summed E-state index contributed by atoms with van der Waals surface area (Å²) in [4.78, 5) is 30.1. The van der Waals surface area contributed by atoms with Crippen LogP contribution >= 0.6 is 0 Å². The Morgan fingerprint density at radius 2 is 0.340 bits per heavy atom. The second-order valence-electron chi connectivity index (χ2n) is 41.7. The molecule has 0 spiro atoms. The molecular weight excluding hydrogens is 1840 g/mol. The summed E-state index contributed by atoms with van der Waals surface area (Å²) in [7, 11) is 0. The summed E-state index contributed by atoms with van der Waals surface area (Å²) in [5.74, 6) is 0. The maximum absolute atomic E-state index is 5.52. The number of aromatic nitrogens is 20. The van der Waals surface area contributed by atoms with Crippen LogP contribution in [0.4, 0.5) is 0 Å². The van der Waals surface area contributed by atoms with Gasteiger partial charge in [-0.05, 0) is 260 Å². The molecule has 21 aromatic rings. The van der Waals surface area contributed by atoms with Crippen molar-refractivity contribution in [3.05, 3.63) is 350 Å². The van der Waals surface area contributed by atoms with E-state index in [-0.39, 0.29) is 16.2 Å². The summed E-state index contributed by atoms with van der Waals surface area (Å²) in [6.07, 6.45) is 53.5. The van der Waals surface area contributed by atoms with Crippen LogP contribution in [0.3, 0.4) is 0 Å². The molecule has 0 fully saturated rings. The molecule has 10 heterocycles. The Balaban J connectivity index is 0.000000190. The Hall–Kier alpha value is -15.8. The first-order chi connectivity index (χ1) is 74.1. The van der Waals surface area contributed by atoms with Crippen LogP contribution < -0.4 is 0 Å². The number of hydrogen-bond acceptors (Lipinski definition) is 15. The zero-order valence-electron chi connectivity index (χ0n) is 87.2. The summed E-state index contributed by atoms with van der Waals surface area (Å²) in [6, 6.07) is 93.3. The average Bonchev–Trinajstić information content (AvgIpc) is 1.56. The van der Waals surface area contributed by atoms with Crippen LogP contribution in [0.25, 0.3) is 184 Å². The third-order valence-electron chi connectivity index (χ3n) is 32.3. The smallest absolute Gasteiger partial charge is 0.122 e. The van der Waals surface area contributed by atoms with Crippen molar-refractivity contribution in [3.8, 4) is 129 Å². The van der Waals surface area contributed by atoms with Gasteiger partial charge >= 0.3 is 0 Å². The lowest BCUT2D eigenvalue weighted by Crippen LogP contribution is -2.25. The molecule has 0 saturated heterocycles. The maximum atomic E-state index is 5.52. The van der Waals surface area contributed by atoms with Crippen molar-refractivity contribution >= 4 is 55.2 Å². The lowest BCUT2D eigenvalue weighted by atomic mass is 9.69. The zero-order valence-corrected chi connectivity index (χ0v) is 87.2. The number of pyridine rings is 5. The molecule has 0 amide bonds. The summed E-state index contributed by atoms with van der Waals surface area (Å²) >= 11 is 0. The minimum Gasteiger partial charge on any atom is -0.265 e. The molecule has 3 aliphatic carbocycles. The largest absolute Gasteiger partial charge is 0.265 e. The monoisotopic (exact) mass is 1970 g/mol. The number of rotatable bonds is 41. The van der Waals surface area contributed by atoms with Gasteiger partial charge in [-0.15, -0.1) is 51.0 Å². The Morgan fingerprint density at radius 1 is 0.167 bits per heavy atom. The van der Waals surface area contributed by atoms with E-state index >= 15 is 0 Å². The summed E-state index contributed by atoms with van der Waals surface area (Å²) in [5, 5.41) is 51.0. The lowest BCUT2D eigenvalue weighted by Gasteiger charge is -2.33. The molecule has 150 heavy (non-hydrogen) atoms. The maximum Gasteiger partial charge on any atom is 0.122 e. The Kier molecular flexibility index (Phi) is 28.3. The third-order valence-corrected chi connectivity index (χ3v) is 32.3. The molecule has 0 aliphatic heterocycles. The van der Waals surface area contributed by atoms with Gasteiger partial charge in [-0.25, -0.2) is 0 Å². The van der Waals surface area contributed by atoms with Crippen LogP contribution in [0, 0.1) is 0 Å². The molecule has 0 bridgehead atoms. The molecule has 750 valence electrons. The zero-order chi connectivity index (χ0) is 101. The topological polar surface area (TPSA) is 218 Å². The van der Waals surface area contributed by atoms with Crippen LogP contribution in [0.2, 0.25) is 0 Å². The highest BCUT2D eigenvalue weighted by molar-refractivity contribution is 6.04. The second-order valence-corrected chi connectivity index (χ2v) is 41.7. The van der Waals surface area contributed by atoms with Gasteiger partial charge in [0.2, 0.25) is 0 Å². The first kappa shape index (κ1) is 97.6. The quantitative estimate of drug-likeness (QED) is 0.0325. The van der Waals surface area contributed by atoms with Crippen LogP contribution in [-0.4, -0.2) is 99.9 Å². The van der Waals surface area contributed by atoms with Crippen molar-refractivity contribution in [2.75, 3.05) is 0 Å². The molecule has 10 aromatic heterocycles. The van der Waals surface area contributed by atoms with Crippen LogP contribution in [-0.2, 0) is 16.2 Å². The fourth-order valence-electron chi connectivity index (χ4n) is 24.7. The first-order valence-corrected chi connectivity index (χ1v) is 55.3. The molecule has 0 saturated carbocycles. The molecule has 20 nitrogen and oxygen atoms in total. The van der Waals surface area contributed by atoms with Gasteiger partial charge in [0.15, 0.2) is 0 Å². The first-order valence-electron chi connectivity index (χ1n) is 55.3. The normalized spacial score (nSPS) is 13.3. The fourth-order valence-corrected chi connectivity index (χ4v) is 24.7. The predicted molar refractivity (Wildman–Crippen MR) is 608 cm³/mol. The minimum absolute atomic E-state index is 0.108. The molecular formula is C130H130N20. The summed E-state index contributed by atoms with van der Waals surface area (Å²) in [5.41, 5.74) is 43.0. The van der Waals surface area contributed by atoms with Crippen molar-refractivity contribution in [1.29, 1.82) is 0 Å². The van der Waals surface area contributed by atoms with Crippen molar-refractivity contribution in [2.24, 2.45) is 0 Å². The van der Waals surface area contributed by atoms with Crippen LogP contribution in [0.5, 0.6) is 0 Å². The highest BCUT2D eigenvalue weighted by Gasteiger charge is 2.47. The lowest BCUT2D eigenvalue weighted by molar-refractivity contribution is 0.401. The Morgan fingerprint density at radius 3 is 0.533 bits per heavy atom. The van der Waals surface area contributed by atoms with E-state index in [9.17, 15) is 0 Å². The number of nitrogens with zero attached hydrogens (tertiary/aromatic N) is 20. The van der Waals surface area contributed by atoms with Crippen molar-refractivity contribution < 1.29 is 0 Å². The molecule has 3 aliphatic rings. The van der Waals surface area contributed by atoms with Gasteiger partial charge in [-0.2, -0.15) is 24.0 Å². The number of hydrogen-bond donors (Lipinski definition) is 0. The standard InChI is InChI=1S/C83H84N12.C47H46N8/c1-5-9-13-17-43-82(44-18-14-10-6-2)72-53-57(64-23-21-25-76-78(64)89-93(87-76)61-37-47-84-48-38-61)27-31-68(72)70-33-29-59(55-74(70)82)66-35-36-67(81-80(66)91-95(92-81)63-41-51-86-52-42-63)60-30-34-71-69-32-28-58(65-24-22-26-77-79(65)90-94(88-77)62-39-49-85-50-40-62)54-73(69)83(75(71)56-60,45-19-15-11-7-3)46-20-16-12-8-4;1-3-5-7-9-25-47(26-10-8-6-4-2)41-31-33(37-13-11-15-43-45(37)52-54(50-43)35-21-27-48-28-22-35)17-19-39(41)40-20-18-34(32-42(40)47)38-14-12-16-44-46(38)53-55(51-44)36-23-29-49-30-24-36/h21-42,47-56H,5-20,43-46H2,1-4H3;11-24,27-32H,3-10,25-26H2,1-2H3. The van der Waals surface area contributed by atoms with E-state index in [1.807, 2.05) is 77.9 Å². The Labute approximate surface area is 878 Å². The van der Waals surface area contributed by atoms with E-state index in [0.29, 0.717) is 0 Å². The van der Waals surface area contributed by atoms with Crippen LogP contribution in [0.1, 0.15) is 268 Å². The Bertz CT molecular complexity index is 7900. The summed E-state index contributed by atoms with van der Waals surface area (Å²) in [6.45, 7) is 13.9. The van der Waals surface area contributed by atoms with E-state index in [0.717, 1.165) is 192 Å². The third kappa shape index (κ3) is 18.7. The van der Waals surface area contributed by atoms with Gasteiger partial charge in [-0.3, -0.25) is 24.9 Å². The molecule has 0 atom stereocenters. The SMILES string of the molecule is CCCCCCC1(CCCCCC)c2cc(-c3cccc4nn(-c5ccncc5)nc34)ccc2-c2ccc(-c3ccc(-c4ccc5c(c4)C(CCCCCC)(CCCCCC)c4cc(-c6cccc7nn(-c8ccncc8)nc67)ccc4-5)c4nn(-c5ccncc5)nc34)cc21.CCCCCCC1(CCCCCC)c2cc(-c3cccc4nn(-c5ccncc5)nc34)ccc2-c2ccc(-c3cccc4nn(-c5ccncc5)nc34)cc21. The molecule has 0 unspecified atom stereocenters. The molecule has 24 rings (SSSR count). The molecule has 0 radical (unpaired) electrons. The van der Waals surface area contributed by atoms with Gasteiger partial charge in [-0.1, -0.05) is 329 Å². The van der Waals surface area contributed by atoms with E-state index in [4.69, 9.17) is 51.0 Å². The van der Waals surface area contributed by atoms with Gasteiger partial charge in [0.25, 0.3) is 0 Å². The van der Waals surface area contributed by atoms with E-state index in [1.165, 1.54) is 217 Å². The number of benzene rings is 11. The van der Waals surface area contributed by atoms with Gasteiger partial charge in [0, 0.05) is 112 Å². The minimum atomic E-state index is -0.204.